The summed E-state index contributed by atoms with van der Waals surface area (Å²) < 4.78 is 0. The van der Waals surface area contributed by atoms with E-state index < -0.39 is 0 Å². The Morgan fingerprint density at radius 2 is 0.676 bits per heavy atom. The molecule has 0 bridgehead atoms. The lowest BCUT2D eigenvalue weighted by Gasteiger charge is -2.23. The van der Waals surface area contributed by atoms with Gasteiger partial charge in [0.05, 0.1) is 5.56 Å². The van der Waals surface area contributed by atoms with Crippen molar-refractivity contribution in [3.8, 4) is 56.0 Å². The Kier molecular flexibility index (Phi) is 5.65. The fraction of sp³-hybridized carbons (Fsp3) is 0.0625. The molecule has 0 aromatic heterocycles. The van der Waals surface area contributed by atoms with Gasteiger partial charge in [-0.15, -0.1) is 0 Å². The van der Waals surface area contributed by atoms with Crippen molar-refractivity contribution >= 4 is 0 Å². The van der Waals surface area contributed by atoms with Gasteiger partial charge in [-0.25, -0.2) is 0 Å². The van der Waals surface area contributed by atoms with Gasteiger partial charge in [-0.2, -0.15) is 0 Å². The normalized spacial score (nSPS) is 10.9. The number of aryl methyl sites for hydroxylation is 2. The molecule has 34 heavy (non-hydrogen) atoms. The zero-order chi connectivity index (χ0) is 23.7. The summed E-state index contributed by atoms with van der Waals surface area (Å²) in [5.41, 5.74) is 8.43. The van der Waals surface area contributed by atoms with Crippen LogP contribution in [-0.4, -0.2) is 10.2 Å². The monoisotopic (exact) mass is 442 g/mol. The molecule has 0 fully saturated rings. The van der Waals surface area contributed by atoms with Gasteiger partial charge in [-0.1, -0.05) is 120 Å². The second-order valence-electron chi connectivity index (χ2n) is 8.66. The summed E-state index contributed by atoms with van der Waals surface area (Å²) in [5, 5.41) is 23.5. The average Bonchev–Trinajstić information content (AvgIpc) is 2.86. The van der Waals surface area contributed by atoms with Gasteiger partial charge in [-0.05, 0) is 36.1 Å². The zero-order valence-electron chi connectivity index (χ0n) is 19.3. The highest BCUT2D eigenvalue weighted by Gasteiger charge is 2.27. The van der Waals surface area contributed by atoms with Crippen molar-refractivity contribution in [2.75, 3.05) is 0 Å². The van der Waals surface area contributed by atoms with Crippen LogP contribution in [0.25, 0.3) is 44.5 Å². The minimum atomic E-state index is 0.0715. The maximum absolute atomic E-state index is 11.7. The Labute approximate surface area is 200 Å². The molecule has 0 aliphatic rings. The molecule has 0 saturated carbocycles. The molecule has 0 aliphatic heterocycles. The van der Waals surface area contributed by atoms with Gasteiger partial charge in [0.25, 0.3) is 0 Å². The van der Waals surface area contributed by atoms with E-state index in [2.05, 4.69) is 0 Å². The molecule has 0 aliphatic carbocycles. The molecule has 0 atom stereocenters. The summed E-state index contributed by atoms with van der Waals surface area (Å²) >= 11 is 0. The molecule has 5 aromatic carbocycles. The second kappa shape index (κ2) is 8.92. The minimum Gasteiger partial charge on any atom is -0.506 e. The van der Waals surface area contributed by atoms with Crippen molar-refractivity contribution in [2.24, 2.45) is 0 Å². The van der Waals surface area contributed by atoms with Gasteiger partial charge in [0.15, 0.2) is 0 Å². The summed E-state index contributed by atoms with van der Waals surface area (Å²) in [6.07, 6.45) is 0. The Morgan fingerprint density at radius 3 is 1.06 bits per heavy atom. The van der Waals surface area contributed by atoms with Crippen LogP contribution < -0.4 is 0 Å². The van der Waals surface area contributed by atoms with Crippen molar-refractivity contribution in [3.63, 3.8) is 0 Å². The average molecular weight is 443 g/mol. The van der Waals surface area contributed by atoms with Crippen LogP contribution in [0.1, 0.15) is 11.1 Å². The number of hydrogen-bond donors (Lipinski definition) is 2. The molecule has 0 heterocycles. The summed E-state index contributed by atoms with van der Waals surface area (Å²) in [7, 11) is 0. The quantitative estimate of drug-likeness (QED) is 0.293. The standard InChI is InChI=1S/C32H26O2/c1-21-13-17-25(18-14-21)28-27(23-9-5-3-6-10-23)29(26-19-15-22(2)16-20-26)32(34)30(31(28)33)24-11-7-4-8-12-24/h3-20,33-34H,1-2H3. The zero-order valence-corrected chi connectivity index (χ0v) is 19.3. The molecular formula is C32H26O2. The van der Waals surface area contributed by atoms with Gasteiger partial charge in [0.2, 0.25) is 0 Å². The predicted molar refractivity (Wildman–Crippen MR) is 141 cm³/mol. The van der Waals surface area contributed by atoms with E-state index in [-0.39, 0.29) is 11.5 Å². The molecule has 2 heteroatoms. The van der Waals surface area contributed by atoms with Gasteiger partial charge in [-0.3, -0.25) is 0 Å². The first kappa shape index (κ1) is 21.5. The number of aromatic hydroxyl groups is 2. The Bertz CT molecular complexity index is 1360. The smallest absolute Gasteiger partial charge is 0.135 e. The molecule has 2 nitrogen and oxygen atoms in total. The number of phenolic OH excluding ortho intramolecular Hbond substituents is 2. The van der Waals surface area contributed by atoms with Gasteiger partial charge >= 0.3 is 0 Å². The maximum Gasteiger partial charge on any atom is 0.135 e. The molecule has 5 rings (SSSR count). The highest BCUT2D eigenvalue weighted by atomic mass is 16.3. The van der Waals surface area contributed by atoms with E-state index in [0.29, 0.717) is 16.7 Å². The van der Waals surface area contributed by atoms with Crippen LogP contribution in [0.2, 0.25) is 0 Å². The van der Waals surface area contributed by atoms with Crippen molar-refractivity contribution in [3.05, 3.63) is 120 Å². The van der Waals surface area contributed by atoms with Gasteiger partial charge in [0, 0.05) is 16.7 Å². The number of benzene rings is 5. The van der Waals surface area contributed by atoms with E-state index in [1.54, 1.807) is 0 Å². The number of phenols is 2. The summed E-state index contributed by atoms with van der Waals surface area (Å²) in [6, 6.07) is 35.8. The summed E-state index contributed by atoms with van der Waals surface area (Å²) in [4.78, 5) is 0. The van der Waals surface area contributed by atoms with Gasteiger partial charge in [0.1, 0.15) is 11.5 Å². The van der Waals surface area contributed by atoms with Crippen LogP contribution >= 0.6 is 0 Å². The first-order chi connectivity index (χ1) is 16.5. The number of hydrogen-bond acceptors (Lipinski definition) is 2. The number of rotatable bonds is 4. The third kappa shape index (κ3) is 3.84. The largest absolute Gasteiger partial charge is 0.506 e. The topological polar surface area (TPSA) is 40.5 Å². The van der Waals surface area contributed by atoms with Crippen molar-refractivity contribution < 1.29 is 10.2 Å². The third-order valence-electron chi connectivity index (χ3n) is 6.25. The highest BCUT2D eigenvalue weighted by Crippen LogP contribution is 2.55. The predicted octanol–water partition coefficient (Wildman–Crippen LogP) is 8.38. The van der Waals surface area contributed by atoms with Crippen LogP contribution in [0.3, 0.4) is 0 Å². The summed E-state index contributed by atoms with van der Waals surface area (Å²) in [6.45, 7) is 4.09. The molecule has 0 amide bonds. The van der Waals surface area contributed by atoms with E-state index in [4.69, 9.17) is 0 Å². The molecule has 0 radical (unpaired) electrons. The first-order valence-corrected chi connectivity index (χ1v) is 11.4. The Morgan fingerprint density at radius 1 is 0.353 bits per heavy atom. The fourth-order valence-electron chi connectivity index (χ4n) is 4.50. The maximum atomic E-state index is 11.7. The molecule has 166 valence electrons. The second-order valence-corrected chi connectivity index (χ2v) is 8.66. The van der Waals surface area contributed by atoms with E-state index >= 15 is 0 Å². The van der Waals surface area contributed by atoms with E-state index in [0.717, 1.165) is 38.9 Å². The molecule has 0 unspecified atom stereocenters. The Balaban J connectivity index is 1.97. The van der Waals surface area contributed by atoms with Crippen LogP contribution in [-0.2, 0) is 0 Å². The SMILES string of the molecule is Cc1ccc(-c2c(O)c(-c3ccccc3)c(O)c(-c3ccc(C)cc3)c2-c2ccccc2)cc1. The molecule has 5 aromatic rings. The molecule has 0 spiro atoms. The van der Waals surface area contributed by atoms with Crippen LogP contribution in [0, 0.1) is 13.8 Å². The summed E-state index contributed by atoms with van der Waals surface area (Å²) in [5.74, 6) is 0.143. The van der Waals surface area contributed by atoms with Crippen LogP contribution in [0.15, 0.2) is 109 Å². The van der Waals surface area contributed by atoms with E-state index in [1.165, 1.54) is 0 Å². The lowest BCUT2D eigenvalue weighted by Crippen LogP contribution is -1.96. The third-order valence-corrected chi connectivity index (χ3v) is 6.25. The Hall–Kier alpha value is -4.30. The molecule has 0 saturated heterocycles. The molecule has 2 N–H and O–H groups in total. The van der Waals surface area contributed by atoms with E-state index in [1.807, 2.05) is 123 Å². The first-order valence-electron chi connectivity index (χ1n) is 11.4. The van der Waals surface area contributed by atoms with E-state index in [9.17, 15) is 10.2 Å². The minimum absolute atomic E-state index is 0.0715. The van der Waals surface area contributed by atoms with Crippen LogP contribution in [0.5, 0.6) is 11.5 Å². The molecular weight excluding hydrogens is 416 g/mol. The highest BCUT2D eigenvalue weighted by molar-refractivity contribution is 6.05. The lowest BCUT2D eigenvalue weighted by atomic mass is 9.82. The fourth-order valence-corrected chi connectivity index (χ4v) is 4.50. The van der Waals surface area contributed by atoms with Crippen molar-refractivity contribution in [2.45, 2.75) is 13.8 Å². The van der Waals surface area contributed by atoms with Crippen molar-refractivity contribution in [1.82, 2.24) is 0 Å². The van der Waals surface area contributed by atoms with Crippen LogP contribution in [0.4, 0.5) is 0 Å². The van der Waals surface area contributed by atoms with Gasteiger partial charge < -0.3 is 10.2 Å². The van der Waals surface area contributed by atoms with Crippen molar-refractivity contribution in [1.29, 1.82) is 0 Å². The lowest BCUT2D eigenvalue weighted by molar-refractivity contribution is 0.457.